The van der Waals surface area contributed by atoms with E-state index in [1.165, 1.54) is 24.3 Å². The summed E-state index contributed by atoms with van der Waals surface area (Å²) in [5.74, 6) is 1.19. The fourth-order valence-corrected chi connectivity index (χ4v) is 4.54. The average molecular weight is 442 g/mol. The molecule has 2 rings (SSSR count). The number of hydrogen-bond donors (Lipinski definition) is 2. The molecular weight excluding hydrogens is 414 g/mol. The fourth-order valence-electron chi connectivity index (χ4n) is 2.19. The molecule has 0 amide bonds. The lowest BCUT2D eigenvalue weighted by Gasteiger charge is -2.15. The van der Waals surface area contributed by atoms with Gasteiger partial charge in [0, 0.05) is 0 Å². The van der Waals surface area contributed by atoms with Gasteiger partial charge in [0.2, 0.25) is 0 Å². The Kier molecular flexibility index (Phi) is 8.24. The third kappa shape index (κ3) is 7.38. The van der Waals surface area contributed by atoms with Gasteiger partial charge in [0.25, 0.3) is 0 Å². The van der Waals surface area contributed by atoms with Crippen LogP contribution >= 0.6 is 15.2 Å². The van der Waals surface area contributed by atoms with Crippen molar-refractivity contribution < 1.29 is 32.7 Å². The SMILES string of the molecule is CC(C)COP(=O)(O)c1ccc(Oc2ccc(P(=O)(O)OCC(C)C)cc2)cc1. The number of hydrogen-bond acceptors (Lipinski definition) is 5. The van der Waals surface area contributed by atoms with E-state index in [1.54, 1.807) is 24.3 Å². The summed E-state index contributed by atoms with van der Waals surface area (Å²) in [6, 6.07) is 12.2. The zero-order valence-electron chi connectivity index (χ0n) is 17.0. The lowest BCUT2D eigenvalue weighted by atomic mass is 10.2. The van der Waals surface area contributed by atoms with Crippen LogP contribution in [0.25, 0.3) is 0 Å². The molecule has 0 aromatic heterocycles. The average Bonchev–Trinajstić information content (AvgIpc) is 2.66. The molecule has 0 bridgehead atoms. The Morgan fingerprint density at radius 3 is 1.28 bits per heavy atom. The van der Waals surface area contributed by atoms with Crippen LogP contribution in [0.15, 0.2) is 48.5 Å². The molecule has 0 heterocycles. The van der Waals surface area contributed by atoms with Gasteiger partial charge in [0.15, 0.2) is 0 Å². The molecule has 29 heavy (non-hydrogen) atoms. The van der Waals surface area contributed by atoms with Gasteiger partial charge in [0.1, 0.15) is 11.5 Å². The molecule has 2 N–H and O–H groups in total. The maximum Gasteiger partial charge on any atom is 0.358 e. The summed E-state index contributed by atoms with van der Waals surface area (Å²) in [5, 5.41) is 0.369. The number of rotatable bonds is 10. The van der Waals surface area contributed by atoms with Crippen molar-refractivity contribution in [1.82, 2.24) is 0 Å². The van der Waals surface area contributed by atoms with E-state index in [0.717, 1.165) is 0 Å². The van der Waals surface area contributed by atoms with E-state index in [9.17, 15) is 18.9 Å². The van der Waals surface area contributed by atoms with Crippen LogP contribution in [0.4, 0.5) is 0 Å². The van der Waals surface area contributed by atoms with Crippen molar-refractivity contribution in [3.63, 3.8) is 0 Å². The Labute approximate surface area is 171 Å². The molecule has 0 aliphatic rings. The van der Waals surface area contributed by atoms with Crippen molar-refractivity contribution in [3.8, 4) is 11.5 Å². The molecule has 160 valence electrons. The highest BCUT2D eigenvalue weighted by Crippen LogP contribution is 2.42. The van der Waals surface area contributed by atoms with Gasteiger partial charge in [-0.3, -0.25) is 9.13 Å². The summed E-state index contributed by atoms with van der Waals surface area (Å²) in [6.07, 6.45) is 0. The fraction of sp³-hybridized carbons (Fsp3) is 0.400. The maximum atomic E-state index is 12.2. The summed E-state index contributed by atoms with van der Waals surface area (Å²) in [6.45, 7) is 7.97. The van der Waals surface area contributed by atoms with Crippen LogP contribution < -0.4 is 15.3 Å². The molecule has 0 fully saturated rings. The minimum atomic E-state index is -3.87. The topological polar surface area (TPSA) is 102 Å². The van der Waals surface area contributed by atoms with Gasteiger partial charge in [-0.25, -0.2) is 0 Å². The van der Waals surface area contributed by atoms with Crippen LogP contribution in [0, 0.1) is 11.8 Å². The Morgan fingerprint density at radius 1 is 0.690 bits per heavy atom. The third-order valence-electron chi connectivity index (χ3n) is 3.73. The molecule has 2 aromatic rings. The quantitative estimate of drug-likeness (QED) is 0.524. The van der Waals surface area contributed by atoms with Gasteiger partial charge in [0.05, 0.1) is 23.8 Å². The van der Waals surface area contributed by atoms with E-state index in [2.05, 4.69) is 0 Å². The third-order valence-corrected chi connectivity index (χ3v) is 6.63. The Morgan fingerprint density at radius 2 is 1.00 bits per heavy atom. The summed E-state index contributed by atoms with van der Waals surface area (Å²) in [5.41, 5.74) is 0. The van der Waals surface area contributed by atoms with Crippen molar-refractivity contribution in [2.75, 3.05) is 13.2 Å². The van der Waals surface area contributed by atoms with Gasteiger partial charge in [-0.05, 0) is 60.4 Å². The minimum Gasteiger partial charge on any atom is -0.457 e. The first kappa shape index (κ1) is 23.8. The van der Waals surface area contributed by atoms with E-state index in [-0.39, 0.29) is 35.7 Å². The second kappa shape index (κ2) is 10.0. The molecule has 7 nitrogen and oxygen atoms in total. The predicted octanol–water partition coefficient (Wildman–Crippen LogP) is 4.45. The van der Waals surface area contributed by atoms with E-state index >= 15 is 0 Å². The molecule has 0 aliphatic heterocycles. The van der Waals surface area contributed by atoms with Crippen LogP contribution in [0.3, 0.4) is 0 Å². The summed E-state index contributed by atoms with van der Waals surface area (Å²) in [4.78, 5) is 20.1. The molecule has 0 saturated carbocycles. The molecular formula is C20H28O7P2. The maximum absolute atomic E-state index is 12.2. The monoisotopic (exact) mass is 442 g/mol. The summed E-state index contributed by atoms with van der Waals surface area (Å²) < 4.78 is 40.4. The summed E-state index contributed by atoms with van der Waals surface area (Å²) in [7, 11) is -7.74. The van der Waals surface area contributed by atoms with Crippen molar-refractivity contribution in [1.29, 1.82) is 0 Å². The molecule has 0 saturated heterocycles. The van der Waals surface area contributed by atoms with Gasteiger partial charge in [-0.2, -0.15) is 0 Å². The predicted molar refractivity (Wildman–Crippen MR) is 113 cm³/mol. The molecule has 0 spiro atoms. The molecule has 0 aliphatic carbocycles. The second-order valence-electron chi connectivity index (χ2n) is 7.51. The Bertz CT molecular complexity index is 803. The Hall–Kier alpha value is -1.46. The largest absolute Gasteiger partial charge is 0.457 e. The van der Waals surface area contributed by atoms with Gasteiger partial charge < -0.3 is 23.6 Å². The van der Waals surface area contributed by atoms with Crippen LogP contribution in [-0.4, -0.2) is 23.0 Å². The zero-order chi connectivity index (χ0) is 21.7. The van der Waals surface area contributed by atoms with Gasteiger partial charge in [-0.1, -0.05) is 27.7 Å². The molecule has 9 heteroatoms. The van der Waals surface area contributed by atoms with Crippen molar-refractivity contribution in [2.45, 2.75) is 27.7 Å². The standard InChI is InChI=1S/C20H28O7P2/c1-15(2)13-25-28(21,22)19-9-5-17(6-10-19)27-18-7-11-20(12-8-18)29(23,24)26-14-16(3)4/h5-12,15-16H,13-14H2,1-4H3,(H,21,22)(H,23,24). The highest BCUT2D eigenvalue weighted by Gasteiger charge is 2.24. The smallest absolute Gasteiger partial charge is 0.358 e. The highest BCUT2D eigenvalue weighted by molar-refractivity contribution is 7.61. The molecule has 2 atom stereocenters. The van der Waals surface area contributed by atoms with E-state index in [4.69, 9.17) is 13.8 Å². The van der Waals surface area contributed by atoms with Crippen LogP contribution in [0.2, 0.25) is 0 Å². The minimum absolute atomic E-state index is 0.144. The van der Waals surface area contributed by atoms with E-state index in [1.807, 2.05) is 27.7 Å². The molecule has 2 aromatic carbocycles. The van der Waals surface area contributed by atoms with E-state index < -0.39 is 15.2 Å². The Balaban J connectivity index is 2.03. The van der Waals surface area contributed by atoms with Gasteiger partial charge in [-0.15, -0.1) is 0 Å². The summed E-state index contributed by atoms with van der Waals surface area (Å²) >= 11 is 0. The molecule has 0 radical (unpaired) electrons. The normalized spacial score (nSPS) is 15.9. The number of benzene rings is 2. The first-order chi connectivity index (χ1) is 13.5. The lowest BCUT2D eigenvalue weighted by molar-refractivity contribution is 0.236. The van der Waals surface area contributed by atoms with Crippen LogP contribution in [-0.2, 0) is 18.2 Å². The number of ether oxygens (including phenoxy) is 1. The van der Waals surface area contributed by atoms with E-state index in [0.29, 0.717) is 11.5 Å². The van der Waals surface area contributed by atoms with Gasteiger partial charge >= 0.3 is 15.2 Å². The van der Waals surface area contributed by atoms with Crippen LogP contribution in [0.5, 0.6) is 11.5 Å². The van der Waals surface area contributed by atoms with Crippen molar-refractivity contribution in [2.24, 2.45) is 11.8 Å². The lowest BCUT2D eigenvalue weighted by Crippen LogP contribution is -2.10. The van der Waals surface area contributed by atoms with Crippen LogP contribution in [0.1, 0.15) is 27.7 Å². The van der Waals surface area contributed by atoms with Crippen molar-refractivity contribution in [3.05, 3.63) is 48.5 Å². The first-order valence-corrected chi connectivity index (χ1v) is 12.5. The zero-order valence-corrected chi connectivity index (χ0v) is 18.8. The first-order valence-electron chi connectivity index (χ1n) is 9.33. The second-order valence-corrected chi connectivity index (χ2v) is 11.1. The molecule has 2 unspecified atom stereocenters. The van der Waals surface area contributed by atoms with Crippen molar-refractivity contribution >= 4 is 25.8 Å². The highest BCUT2D eigenvalue weighted by atomic mass is 31.2.